The van der Waals surface area contributed by atoms with Gasteiger partial charge in [0.1, 0.15) is 5.82 Å². The maximum Gasteiger partial charge on any atom is 0.210 e. The SMILES string of the molecule is Cc1cccc(F)c1NC(=NC1CCCCC1)NN. The van der Waals surface area contributed by atoms with E-state index in [1.54, 1.807) is 6.07 Å². The summed E-state index contributed by atoms with van der Waals surface area (Å²) in [6, 6.07) is 5.23. The number of nitrogens with zero attached hydrogens (tertiary/aromatic N) is 1. The molecule has 1 aliphatic carbocycles. The Morgan fingerprint density at radius 2 is 2.05 bits per heavy atom. The fraction of sp³-hybridized carbons (Fsp3) is 0.500. The Hall–Kier alpha value is -1.62. The minimum Gasteiger partial charge on any atom is -0.323 e. The summed E-state index contributed by atoms with van der Waals surface area (Å²) in [5.74, 6) is 5.60. The fourth-order valence-corrected chi connectivity index (χ4v) is 2.41. The van der Waals surface area contributed by atoms with Crippen LogP contribution in [0.5, 0.6) is 0 Å². The molecule has 0 aliphatic heterocycles. The molecule has 1 aromatic carbocycles. The van der Waals surface area contributed by atoms with Gasteiger partial charge in [0, 0.05) is 0 Å². The van der Waals surface area contributed by atoms with E-state index >= 15 is 0 Å². The molecule has 1 saturated carbocycles. The van der Waals surface area contributed by atoms with Gasteiger partial charge in [-0.1, -0.05) is 31.4 Å². The van der Waals surface area contributed by atoms with Crippen molar-refractivity contribution in [3.63, 3.8) is 0 Å². The van der Waals surface area contributed by atoms with Gasteiger partial charge in [-0.3, -0.25) is 5.43 Å². The predicted molar refractivity (Wildman–Crippen MR) is 76.4 cm³/mol. The number of benzene rings is 1. The second-order valence-electron chi connectivity index (χ2n) is 4.97. The minimum absolute atomic E-state index is 0.277. The van der Waals surface area contributed by atoms with E-state index in [1.165, 1.54) is 25.3 Å². The number of anilines is 1. The third kappa shape index (κ3) is 3.67. The number of guanidine groups is 1. The molecule has 0 saturated heterocycles. The zero-order chi connectivity index (χ0) is 13.7. The highest BCUT2D eigenvalue weighted by Gasteiger charge is 2.14. The average Bonchev–Trinajstić information content (AvgIpc) is 2.43. The van der Waals surface area contributed by atoms with Crippen molar-refractivity contribution in [2.75, 3.05) is 5.32 Å². The van der Waals surface area contributed by atoms with Gasteiger partial charge in [-0.05, 0) is 31.4 Å². The first kappa shape index (κ1) is 13.8. The number of nitrogens with two attached hydrogens (primary N) is 1. The van der Waals surface area contributed by atoms with Crippen molar-refractivity contribution < 1.29 is 4.39 Å². The normalized spacial score (nSPS) is 17.3. The summed E-state index contributed by atoms with van der Waals surface area (Å²) >= 11 is 0. The summed E-state index contributed by atoms with van der Waals surface area (Å²) in [5.41, 5.74) is 3.78. The van der Waals surface area contributed by atoms with Gasteiger partial charge in [0.05, 0.1) is 11.7 Å². The third-order valence-electron chi connectivity index (χ3n) is 3.49. The first-order chi connectivity index (χ1) is 9.20. The van der Waals surface area contributed by atoms with Crippen LogP contribution in [0.25, 0.3) is 0 Å². The van der Waals surface area contributed by atoms with Gasteiger partial charge in [0.25, 0.3) is 0 Å². The largest absolute Gasteiger partial charge is 0.323 e. The summed E-state index contributed by atoms with van der Waals surface area (Å²) in [4.78, 5) is 4.53. The number of nitrogens with one attached hydrogen (secondary N) is 2. The number of rotatable bonds is 2. The number of hydrazine groups is 1. The van der Waals surface area contributed by atoms with Crippen LogP contribution in [0.2, 0.25) is 0 Å². The molecule has 104 valence electrons. The first-order valence-corrected chi connectivity index (χ1v) is 6.77. The van der Waals surface area contributed by atoms with E-state index in [9.17, 15) is 4.39 Å². The molecule has 0 unspecified atom stereocenters. The number of halogens is 1. The highest BCUT2D eigenvalue weighted by Crippen LogP contribution is 2.21. The van der Waals surface area contributed by atoms with Crippen molar-refractivity contribution in [2.45, 2.75) is 45.1 Å². The number of aliphatic imine (C=N–C) groups is 1. The van der Waals surface area contributed by atoms with Crippen LogP contribution in [0.3, 0.4) is 0 Å². The third-order valence-corrected chi connectivity index (χ3v) is 3.49. The molecule has 0 spiro atoms. The molecule has 0 aromatic heterocycles. The smallest absolute Gasteiger partial charge is 0.210 e. The predicted octanol–water partition coefficient (Wildman–Crippen LogP) is 2.70. The van der Waals surface area contributed by atoms with Gasteiger partial charge in [0.15, 0.2) is 0 Å². The molecule has 2 rings (SSSR count). The van der Waals surface area contributed by atoms with Crippen LogP contribution in [-0.2, 0) is 0 Å². The van der Waals surface area contributed by atoms with E-state index in [1.807, 2.05) is 13.0 Å². The molecule has 1 aliphatic rings. The summed E-state index contributed by atoms with van der Waals surface area (Å²) in [6.07, 6.45) is 5.82. The summed E-state index contributed by atoms with van der Waals surface area (Å²) < 4.78 is 13.7. The lowest BCUT2D eigenvalue weighted by Gasteiger charge is -2.20. The second-order valence-corrected chi connectivity index (χ2v) is 4.97. The van der Waals surface area contributed by atoms with Crippen LogP contribution in [0.4, 0.5) is 10.1 Å². The van der Waals surface area contributed by atoms with Crippen molar-refractivity contribution in [3.05, 3.63) is 29.6 Å². The molecule has 1 fully saturated rings. The molecule has 0 radical (unpaired) electrons. The standard InChI is InChI=1S/C14H21FN4/c1-10-6-5-9-12(15)13(10)18-14(19-16)17-11-7-3-2-4-8-11/h5-6,9,11H,2-4,7-8,16H2,1H3,(H2,17,18,19). The van der Waals surface area contributed by atoms with E-state index in [-0.39, 0.29) is 11.9 Å². The zero-order valence-corrected chi connectivity index (χ0v) is 11.2. The highest BCUT2D eigenvalue weighted by molar-refractivity contribution is 5.94. The van der Waals surface area contributed by atoms with Crippen molar-refractivity contribution in [1.29, 1.82) is 0 Å². The quantitative estimate of drug-likeness (QED) is 0.333. The van der Waals surface area contributed by atoms with Gasteiger partial charge in [-0.15, -0.1) is 0 Å². The van der Waals surface area contributed by atoms with E-state index in [4.69, 9.17) is 5.84 Å². The maximum absolute atomic E-state index is 13.7. The minimum atomic E-state index is -0.299. The molecule has 5 heteroatoms. The molecular formula is C14H21FN4. The van der Waals surface area contributed by atoms with Gasteiger partial charge in [-0.2, -0.15) is 0 Å². The Balaban J connectivity index is 2.12. The van der Waals surface area contributed by atoms with Crippen LogP contribution in [0, 0.1) is 12.7 Å². The topological polar surface area (TPSA) is 62.4 Å². The van der Waals surface area contributed by atoms with Gasteiger partial charge >= 0.3 is 0 Å². The maximum atomic E-state index is 13.7. The molecule has 0 bridgehead atoms. The Morgan fingerprint density at radius 3 is 2.68 bits per heavy atom. The Labute approximate surface area is 113 Å². The number of hydrogen-bond donors (Lipinski definition) is 3. The molecule has 4 nitrogen and oxygen atoms in total. The Bertz CT molecular complexity index is 433. The van der Waals surface area contributed by atoms with Crippen LogP contribution in [0.1, 0.15) is 37.7 Å². The van der Waals surface area contributed by atoms with Crippen LogP contribution >= 0.6 is 0 Å². The van der Waals surface area contributed by atoms with Crippen molar-refractivity contribution in [1.82, 2.24) is 5.43 Å². The zero-order valence-electron chi connectivity index (χ0n) is 11.2. The van der Waals surface area contributed by atoms with E-state index in [0.717, 1.165) is 18.4 Å². The highest BCUT2D eigenvalue weighted by atomic mass is 19.1. The Morgan fingerprint density at radius 1 is 1.32 bits per heavy atom. The van der Waals surface area contributed by atoms with E-state index in [0.29, 0.717) is 11.6 Å². The molecule has 0 atom stereocenters. The van der Waals surface area contributed by atoms with Crippen molar-refractivity contribution in [3.8, 4) is 0 Å². The monoisotopic (exact) mass is 264 g/mol. The molecule has 19 heavy (non-hydrogen) atoms. The van der Waals surface area contributed by atoms with Gasteiger partial charge in [-0.25, -0.2) is 15.2 Å². The summed E-state index contributed by atoms with van der Waals surface area (Å²) in [5, 5.41) is 2.95. The fourth-order valence-electron chi connectivity index (χ4n) is 2.41. The average molecular weight is 264 g/mol. The van der Waals surface area contributed by atoms with Crippen LogP contribution in [0.15, 0.2) is 23.2 Å². The van der Waals surface area contributed by atoms with Crippen molar-refractivity contribution >= 4 is 11.6 Å². The molecular weight excluding hydrogens is 243 g/mol. The number of para-hydroxylation sites is 1. The van der Waals surface area contributed by atoms with Crippen LogP contribution < -0.4 is 16.6 Å². The van der Waals surface area contributed by atoms with Gasteiger partial charge < -0.3 is 5.32 Å². The molecule has 0 heterocycles. The number of aryl methyl sites for hydroxylation is 1. The van der Waals surface area contributed by atoms with E-state index in [2.05, 4.69) is 15.7 Å². The second kappa shape index (κ2) is 6.52. The van der Waals surface area contributed by atoms with E-state index < -0.39 is 0 Å². The Kier molecular flexibility index (Phi) is 4.74. The molecule has 0 amide bonds. The van der Waals surface area contributed by atoms with Crippen molar-refractivity contribution in [2.24, 2.45) is 10.8 Å². The lowest BCUT2D eigenvalue weighted by molar-refractivity contribution is 0.442. The van der Waals surface area contributed by atoms with Crippen LogP contribution in [-0.4, -0.2) is 12.0 Å². The van der Waals surface area contributed by atoms with Gasteiger partial charge in [0.2, 0.25) is 5.96 Å². The molecule has 1 aromatic rings. The lowest BCUT2D eigenvalue weighted by Crippen LogP contribution is -2.38. The summed E-state index contributed by atoms with van der Waals surface area (Å²) in [7, 11) is 0. The lowest BCUT2D eigenvalue weighted by atomic mass is 9.96. The molecule has 4 N–H and O–H groups in total. The number of hydrogen-bond acceptors (Lipinski definition) is 2. The first-order valence-electron chi connectivity index (χ1n) is 6.77. The summed E-state index contributed by atoms with van der Waals surface area (Å²) in [6.45, 7) is 1.85.